The quantitative estimate of drug-likeness (QED) is 0.875. The molecule has 22 heavy (non-hydrogen) atoms. The van der Waals surface area contributed by atoms with Gasteiger partial charge in [-0.1, -0.05) is 12.8 Å². The number of ether oxygens (including phenoxy) is 1. The van der Waals surface area contributed by atoms with Crippen molar-refractivity contribution in [3.63, 3.8) is 0 Å². The lowest BCUT2D eigenvalue weighted by Crippen LogP contribution is -2.54. The van der Waals surface area contributed by atoms with Crippen LogP contribution in [0.25, 0.3) is 11.0 Å². The number of hydrogen-bond donors (Lipinski definition) is 1. The van der Waals surface area contributed by atoms with Crippen LogP contribution >= 0.6 is 0 Å². The number of fused-ring (bicyclic) bond motifs is 2. The third-order valence-electron chi connectivity index (χ3n) is 4.84. The van der Waals surface area contributed by atoms with Gasteiger partial charge in [0.1, 0.15) is 0 Å². The number of nitrogens with zero attached hydrogens (tertiary/aromatic N) is 3. The van der Waals surface area contributed by atoms with Crippen molar-refractivity contribution in [3.8, 4) is 0 Å². The number of aromatic amines is 1. The molecule has 2 aromatic rings. The van der Waals surface area contributed by atoms with Crippen molar-refractivity contribution in [1.82, 2.24) is 20.1 Å². The summed E-state index contributed by atoms with van der Waals surface area (Å²) in [6, 6.07) is 2.12. The molecular formula is C16H20N4O2. The van der Waals surface area contributed by atoms with Gasteiger partial charge in [0.15, 0.2) is 5.65 Å². The second kappa shape index (κ2) is 5.35. The molecule has 0 radical (unpaired) electrons. The maximum Gasteiger partial charge on any atom is 0.255 e. The van der Waals surface area contributed by atoms with Crippen molar-refractivity contribution in [2.75, 3.05) is 13.2 Å². The van der Waals surface area contributed by atoms with E-state index >= 15 is 0 Å². The fourth-order valence-corrected chi connectivity index (χ4v) is 3.65. The van der Waals surface area contributed by atoms with Gasteiger partial charge in [0, 0.05) is 23.8 Å². The second-order valence-corrected chi connectivity index (χ2v) is 6.20. The number of morpholine rings is 1. The molecule has 2 fully saturated rings. The van der Waals surface area contributed by atoms with Crippen molar-refractivity contribution in [2.24, 2.45) is 0 Å². The van der Waals surface area contributed by atoms with E-state index in [9.17, 15) is 4.79 Å². The zero-order chi connectivity index (χ0) is 15.1. The Kier molecular flexibility index (Phi) is 3.33. The number of H-pyrrole nitrogens is 1. The Bertz CT molecular complexity index is 709. The van der Waals surface area contributed by atoms with Gasteiger partial charge in [0.2, 0.25) is 0 Å². The first-order valence-electron chi connectivity index (χ1n) is 7.97. The Morgan fingerprint density at radius 3 is 3.18 bits per heavy atom. The molecule has 0 spiro atoms. The normalized spacial score (nSPS) is 25.2. The highest BCUT2D eigenvalue weighted by Crippen LogP contribution is 2.29. The summed E-state index contributed by atoms with van der Waals surface area (Å²) in [4.78, 5) is 19.2. The number of nitrogens with one attached hydrogen (secondary N) is 1. The molecule has 0 unspecified atom stereocenters. The first-order valence-corrected chi connectivity index (χ1v) is 7.97. The molecule has 1 aliphatic carbocycles. The largest absolute Gasteiger partial charge is 0.374 e. The van der Waals surface area contributed by atoms with Crippen molar-refractivity contribution < 1.29 is 9.53 Å². The topological polar surface area (TPSA) is 71.1 Å². The minimum atomic E-state index is 0.0650. The third-order valence-corrected chi connectivity index (χ3v) is 4.84. The van der Waals surface area contributed by atoms with Crippen LogP contribution in [0.2, 0.25) is 0 Å². The third kappa shape index (κ3) is 2.18. The van der Waals surface area contributed by atoms with Crippen LogP contribution in [-0.2, 0) is 4.74 Å². The van der Waals surface area contributed by atoms with Gasteiger partial charge in [0.25, 0.3) is 5.91 Å². The average Bonchev–Trinajstić information content (AvgIpc) is 2.94. The fourth-order valence-electron chi connectivity index (χ4n) is 3.65. The molecule has 2 aromatic heterocycles. The highest BCUT2D eigenvalue weighted by atomic mass is 16.5. The van der Waals surface area contributed by atoms with E-state index in [-0.39, 0.29) is 18.1 Å². The molecule has 0 aromatic carbocycles. The number of aromatic nitrogens is 3. The lowest BCUT2D eigenvalue weighted by atomic mass is 9.90. The molecule has 1 amide bonds. The molecule has 4 rings (SSSR count). The monoisotopic (exact) mass is 300 g/mol. The van der Waals surface area contributed by atoms with Crippen LogP contribution in [0.1, 0.15) is 41.7 Å². The molecule has 1 aliphatic heterocycles. The Morgan fingerprint density at radius 2 is 2.27 bits per heavy atom. The maximum absolute atomic E-state index is 12.9. The van der Waals surface area contributed by atoms with Gasteiger partial charge in [0.05, 0.1) is 24.3 Å². The lowest BCUT2D eigenvalue weighted by Gasteiger charge is -2.43. The Hall–Kier alpha value is -1.95. The van der Waals surface area contributed by atoms with E-state index in [1.807, 2.05) is 17.9 Å². The van der Waals surface area contributed by atoms with E-state index in [2.05, 4.69) is 15.2 Å². The van der Waals surface area contributed by atoms with E-state index in [1.54, 1.807) is 6.20 Å². The summed E-state index contributed by atoms with van der Waals surface area (Å²) in [5.74, 6) is 0.0650. The zero-order valence-corrected chi connectivity index (χ0v) is 12.7. The average molecular weight is 300 g/mol. The molecule has 6 nitrogen and oxygen atoms in total. The predicted octanol–water partition coefficient (Wildman–Crippen LogP) is 2.05. The number of aryl methyl sites for hydroxylation is 1. The number of carbonyl (C=O) groups excluding carboxylic acids is 1. The molecule has 1 N–H and O–H groups in total. The van der Waals surface area contributed by atoms with Crippen LogP contribution < -0.4 is 0 Å². The smallest absolute Gasteiger partial charge is 0.255 e. The van der Waals surface area contributed by atoms with Crippen LogP contribution in [0.4, 0.5) is 0 Å². The van der Waals surface area contributed by atoms with Crippen molar-refractivity contribution in [3.05, 3.63) is 23.5 Å². The highest BCUT2D eigenvalue weighted by Gasteiger charge is 2.37. The molecular weight excluding hydrogens is 280 g/mol. The van der Waals surface area contributed by atoms with E-state index in [4.69, 9.17) is 4.74 Å². The Balaban J connectivity index is 1.65. The van der Waals surface area contributed by atoms with E-state index in [0.717, 1.165) is 23.9 Å². The minimum absolute atomic E-state index is 0.0650. The van der Waals surface area contributed by atoms with E-state index in [1.165, 1.54) is 12.8 Å². The first-order chi connectivity index (χ1) is 10.7. The molecule has 2 aliphatic rings. The van der Waals surface area contributed by atoms with Crippen LogP contribution in [0, 0.1) is 6.92 Å². The molecule has 116 valence electrons. The van der Waals surface area contributed by atoms with Gasteiger partial charge in [-0.05, 0) is 25.8 Å². The Labute approximate surface area is 128 Å². The van der Waals surface area contributed by atoms with Gasteiger partial charge in [-0.25, -0.2) is 4.98 Å². The van der Waals surface area contributed by atoms with Crippen LogP contribution in [0.5, 0.6) is 0 Å². The summed E-state index contributed by atoms with van der Waals surface area (Å²) in [5, 5.41) is 7.94. The van der Waals surface area contributed by atoms with Crippen LogP contribution in [0.15, 0.2) is 12.3 Å². The Morgan fingerprint density at radius 1 is 1.41 bits per heavy atom. The molecule has 1 saturated heterocycles. The van der Waals surface area contributed by atoms with Gasteiger partial charge < -0.3 is 9.64 Å². The number of carbonyl (C=O) groups is 1. The molecule has 6 heteroatoms. The molecule has 2 atom stereocenters. The molecule has 0 bridgehead atoms. The van der Waals surface area contributed by atoms with Crippen LogP contribution in [-0.4, -0.2) is 51.3 Å². The summed E-state index contributed by atoms with van der Waals surface area (Å²) in [6.45, 7) is 3.24. The SMILES string of the molecule is Cc1[nH]nc2ncc(C(=O)N3CCO[C@@H]4CCCC[C@H]43)cc12. The maximum atomic E-state index is 12.9. The first kappa shape index (κ1) is 13.7. The number of rotatable bonds is 1. The fraction of sp³-hybridized carbons (Fsp3) is 0.562. The van der Waals surface area contributed by atoms with Crippen molar-refractivity contribution in [1.29, 1.82) is 0 Å². The van der Waals surface area contributed by atoms with E-state index < -0.39 is 0 Å². The van der Waals surface area contributed by atoms with Gasteiger partial charge >= 0.3 is 0 Å². The second-order valence-electron chi connectivity index (χ2n) is 6.20. The highest BCUT2D eigenvalue weighted by molar-refractivity contribution is 5.97. The molecule has 1 saturated carbocycles. The summed E-state index contributed by atoms with van der Waals surface area (Å²) in [5.41, 5.74) is 2.24. The minimum Gasteiger partial charge on any atom is -0.374 e. The number of amides is 1. The number of pyridine rings is 1. The summed E-state index contributed by atoms with van der Waals surface area (Å²) < 4.78 is 5.85. The summed E-state index contributed by atoms with van der Waals surface area (Å²) in [7, 11) is 0. The number of hydrogen-bond acceptors (Lipinski definition) is 4. The van der Waals surface area contributed by atoms with Crippen molar-refractivity contribution >= 4 is 16.9 Å². The summed E-state index contributed by atoms with van der Waals surface area (Å²) >= 11 is 0. The van der Waals surface area contributed by atoms with E-state index in [0.29, 0.717) is 24.4 Å². The summed E-state index contributed by atoms with van der Waals surface area (Å²) in [6.07, 6.45) is 6.32. The molecule has 3 heterocycles. The van der Waals surface area contributed by atoms with Gasteiger partial charge in [-0.2, -0.15) is 5.10 Å². The van der Waals surface area contributed by atoms with Crippen molar-refractivity contribution in [2.45, 2.75) is 44.8 Å². The predicted molar refractivity (Wildman–Crippen MR) is 81.7 cm³/mol. The van der Waals surface area contributed by atoms with Crippen LogP contribution in [0.3, 0.4) is 0 Å². The standard InChI is InChI=1S/C16H20N4O2/c1-10-12-8-11(9-17-15(12)19-18-10)16(21)20-6-7-22-14-5-3-2-4-13(14)20/h8-9,13-14H,2-7H2,1H3,(H,17,18,19)/t13-,14-/m1/s1. The van der Waals surface area contributed by atoms with Gasteiger partial charge in [-0.15, -0.1) is 0 Å². The van der Waals surface area contributed by atoms with Gasteiger partial charge in [-0.3, -0.25) is 9.89 Å². The lowest BCUT2D eigenvalue weighted by molar-refractivity contribution is -0.0752. The zero-order valence-electron chi connectivity index (χ0n) is 12.7.